The number of benzene rings is 1. The van der Waals surface area contributed by atoms with E-state index in [2.05, 4.69) is 20.8 Å². The van der Waals surface area contributed by atoms with Gasteiger partial charge in [-0.1, -0.05) is 32.3 Å². The Morgan fingerprint density at radius 2 is 1.75 bits per heavy atom. The van der Waals surface area contributed by atoms with Crippen LogP contribution in [0, 0.1) is 0 Å². The monoisotopic (exact) mass is 159 g/mol. The highest BCUT2D eigenvalue weighted by molar-refractivity contribution is 6.32. The van der Waals surface area contributed by atoms with Crippen LogP contribution in [0.4, 0.5) is 5.69 Å². The molecule has 1 rings (SSSR count). The predicted molar refractivity (Wildman–Crippen MR) is 54.9 cm³/mol. The van der Waals surface area contributed by atoms with Crippen molar-refractivity contribution in [1.29, 1.82) is 0 Å². The van der Waals surface area contributed by atoms with Crippen molar-refractivity contribution >= 4 is 19.0 Å². The Kier molecular flexibility index (Phi) is 2.18. The summed E-state index contributed by atoms with van der Waals surface area (Å²) in [5, 5.41) is 0. The van der Waals surface area contributed by atoms with Crippen LogP contribution in [0.2, 0.25) is 0 Å². The number of hydrogen-bond donors (Lipinski definition) is 1. The lowest BCUT2D eigenvalue weighted by Crippen LogP contribution is -2.16. The van der Waals surface area contributed by atoms with E-state index in [1.54, 1.807) is 6.07 Å². The van der Waals surface area contributed by atoms with E-state index in [0.29, 0.717) is 0 Å². The molecule has 0 heterocycles. The van der Waals surface area contributed by atoms with Crippen LogP contribution < -0.4 is 11.2 Å². The second-order valence-corrected chi connectivity index (χ2v) is 4.14. The minimum Gasteiger partial charge on any atom is -0.399 e. The van der Waals surface area contributed by atoms with Crippen molar-refractivity contribution in [2.24, 2.45) is 0 Å². The second-order valence-electron chi connectivity index (χ2n) is 4.14. The smallest absolute Gasteiger partial charge is 0.113 e. The second kappa shape index (κ2) is 2.85. The van der Waals surface area contributed by atoms with Gasteiger partial charge in [-0.25, -0.2) is 0 Å². The third kappa shape index (κ3) is 2.03. The summed E-state index contributed by atoms with van der Waals surface area (Å²) < 4.78 is 0. The molecule has 0 bridgehead atoms. The van der Waals surface area contributed by atoms with Crippen LogP contribution in [0.3, 0.4) is 0 Å². The van der Waals surface area contributed by atoms with Gasteiger partial charge >= 0.3 is 0 Å². The van der Waals surface area contributed by atoms with Gasteiger partial charge in [0, 0.05) is 5.69 Å². The minimum absolute atomic E-state index is 0.115. The van der Waals surface area contributed by atoms with E-state index < -0.39 is 0 Å². The largest absolute Gasteiger partial charge is 0.399 e. The Balaban J connectivity index is 3.18. The highest BCUT2D eigenvalue weighted by atomic mass is 14.5. The molecule has 0 atom stereocenters. The first-order valence-corrected chi connectivity index (χ1v) is 4.06. The molecule has 0 unspecified atom stereocenters. The number of nitrogens with two attached hydrogens (primary N) is 1. The van der Waals surface area contributed by atoms with Gasteiger partial charge in [0.25, 0.3) is 0 Å². The third-order valence-electron chi connectivity index (χ3n) is 1.84. The zero-order valence-electron chi connectivity index (χ0n) is 7.89. The molecular weight excluding hydrogens is 145 g/mol. The van der Waals surface area contributed by atoms with E-state index in [1.165, 1.54) is 5.56 Å². The number of rotatable bonds is 0. The Bertz CT molecular complexity index is 266. The molecule has 0 fully saturated rings. The summed E-state index contributed by atoms with van der Waals surface area (Å²) in [5.74, 6) is 0. The van der Waals surface area contributed by atoms with Crippen LogP contribution >= 0.6 is 0 Å². The van der Waals surface area contributed by atoms with Gasteiger partial charge in [0.05, 0.1) is 0 Å². The first kappa shape index (κ1) is 9.18. The fourth-order valence-electron chi connectivity index (χ4n) is 1.11. The molecule has 0 saturated carbocycles. The Morgan fingerprint density at radius 3 is 2.17 bits per heavy atom. The van der Waals surface area contributed by atoms with Crippen LogP contribution in [-0.4, -0.2) is 7.85 Å². The third-order valence-corrected chi connectivity index (χ3v) is 1.84. The standard InChI is InChI=1S/C10H14BN/c1-10(2,3)7-4-8(11)6-9(12)5-7/h4-6H,12H2,1-3H3. The van der Waals surface area contributed by atoms with Crippen LogP contribution in [0.15, 0.2) is 18.2 Å². The highest BCUT2D eigenvalue weighted by Gasteiger charge is 2.13. The van der Waals surface area contributed by atoms with E-state index in [-0.39, 0.29) is 5.41 Å². The normalized spacial score (nSPS) is 11.6. The van der Waals surface area contributed by atoms with E-state index >= 15 is 0 Å². The molecule has 0 spiro atoms. The summed E-state index contributed by atoms with van der Waals surface area (Å²) in [5.41, 5.74) is 8.44. The van der Waals surface area contributed by atoms with Crippen molar-refractivity contribution < 1.29 is 0 Å². The average molecular weight is 159 g/mol. The molecule has 0 aliphatic heterocycles. The van der Waals surface area contributed by atoms with Crippen LogP contribution in [0.25, 0.3) is 0 Å². The quantitative estimate of drug-likeness (QED) is 0.448. The van der Waals surface area contributed by atoms with E-state index in [0.717, 1.165) is 11.2 Å². The Hall–Kier alpha value is -0.915. The zero-order chi connectivity index (χ0) is 9.35. The summed E-state index contributed by atoms with van der Waals surface area (Å²) >= 11 is 0. The lowest BCUT2D eigenvalue weighted by Gasteiger charge is -2.20. The zero-order valence-corrected chi connectivity index (χ0v) is 7.89. The first-order valence-electron chi connectivity index (χ1n) is 4.06. The molecule has 12 heavy (non-hydrogen) atoms. The maximum Gasteiger partial charge on any atom is 0.113 e. The van der Waals surface area contributed by atoms with Crippen molar-refractivity contribution in [2.75, 3.05) is 5.73 Å². The van der Waals surface area contributed by atoms with E-state index in [1.807, 2.05) is 12.1 Å². The first-order chi connectivity index (χ1) is 5.39. The summed E-state index contributed by atoms with van der Waals surface area (Å²) in [7, 11) is 5.68. The molecule has 0 aliphatic rings. The topological polar surface area (TPSA) is 26.0 Å². The van der Waals surface area contributed by atoms with Crippen molar-refractivity contribution in [3.8, 4) is 0 Å². The molecule has 2 N–H and O–H groups in total. The number of hydrogen-bond acceptors (Lipinski definition) is 1. The summed E-state index contributed by atoms with van der Waals surface area (Å²) in [4.78, 5) is 0. The van der Waals surface area contributed by atoms with Gasteiger partial charge < -0.3 is 5.73 Å². The van der Waals surface area contributed by atoms with Gasteiger partial charge in [-0.15, -0.1) is 0 Å². The van der Waals surface area contributed by atoms with Crippen molar-refractivity contribution in [1.82, 2.24) is 0 Å². The SMILES string of the molecule is [B]c1cc(N)cc(C(C)(C)C)c1. The lowest BCUT2D eigenvalue weighted by atomic mass is 9.83. The van der Waals surface area contributed by atoms with Gasteiger partial charge in [0.2, 0.25) is 0 Å². The summed E-state index contributed by atoms with van der Waals surface area (Å²) in [6.07, 6.45) is 0. The molecule has 2 heteroatoms. The van der Waals surface area contributed by atoms with Crippen LogP contribution in [-0.2, 0) is 5.41 Å². The molecule has 1 nitrogen and oxygen atoms in total. The molecular formula is C10H14BN. The fourth-order valence-corrected chi connectivity index (χ4v) is 1.11. The number of anilines is 1. The highest BCUT2D eigenvalue weighted by Crippen LogP contribution is 2.22. The van der Waals surface area contributed by atoms with Crippen molar-refractivity contribution in [2.45, 2.75) is 26.2 Å². The summed E-state index contributed by atoms with van der Waals surface area (Å²) in [6, 6.07) is 5.71. The Labute approximate surface area is 75.4 Å². The lowest BCUT2D eigenvalue weighted by molar-refractivity contribution is 0.591. The van der Waals surface area contributed by atoms with Crippen molar-refractivity contribution in [3.05, 3.63) is 23.8 Å². The van der Waals surface area contributed by atoms with Crippen LogP contribution in [0.5, 0.6) is 0 Å². The molecule has 1 aromatic rings. The maximum absolute atomic E-state index is 5.68. The molecule has 0 aliphatic carbocycles. The van der Waals surface area contributed by atoms with Gasteiger partial charge in [0.15, 0.2) is 0 Å². The number of nitrogen functional groups attached to an aromatic ring is 1. The van der Waals surface area contributed by atoms with Crippen molar-refractivity contribution in [3.63, 3.8) is 0 Å². The van der Waals surface area contributed by atoms with E-state index in [4.69, 9.17) is 13.6 Å². The van der Waals surface area contributed by atoms with Gasteiger partial charge in [-0.3, -0.25) is 0 Å². The minimum atomic E-state index is 0.115. The van der Waals surface area contributed by atoms with Gasteiger partial charge in [-0.05, 0) is 23.1 Å². The molecule has 62 valence electrons. The molecule has 0 aromatic heterocycles. The summed E-state index contributed by atoms with van der Waals surface area (Å²) in [6.45, 7) is 6.42. The average Bonchev–Trinajstić information content (AvgIpc) is 1.82. The molecule has 2 radical (unpaired) electrons. The van der Waals surface area contributed by atoms with Gasteiger partial charge in [-0.2, -0.15) is 0 Å². The maximum atomic E-state index is 5.68. The fraction of sp³-hybridized carbons (Fsp3) is 0.400. The van der Waals surface area contributed by atoms with E-state index in [9.17, 15) is 0 Å². The predicted octanol–water partition coefficient (Wildman–Crippen LogP) is 1.36. The van der Waals surface area contributed by atoms with Gasteiger partial charge in [0.1, 0.15) is 7.85 Å². The molecule has 0 saturated heterocycles. The van der Waals surface area contributed by atoms with Crippen LogP contribution in [0.1, 0.15) is 26.3 Å². The molecule has 0 amide bonds. The Morgan fingerprint density at radius 1 is 1.17 bits per heavy atom. The molecule has 1 aromatic carbocycles.